The molecule has 0 unspecified atom stereocenters. The van der Waals surface area contributed by atoms with Gasteiger partial charge in [0.15, 0.2) is 0 Å². The minimum atomic E-state index is 0.924. The number of thiazole rings is 1. The quantitative estimate of drug-likeness (QED) is 0.704. The fourth-order valence-corrected chi connectivity index (χ4v) is 3.20. The molecule has 1 saturated carbocycles. The first-order valence-electron chi connectivity index (χ1n) is 7.68. The van der Waals surface area contributed by atoms with Gasteiger partial charge in [0.1, 0.15) is 5.01 Å². The lowest BCUT2D eigenvalue weighted by molar-refractivity contribution is 0.177. The van der Waals surface area contributed by atoms with Crippen molar-refractivity contribution in [2.45, 2.75) is 52.6 Å². The van der Waals surface area contributed by atoms with Crippen LogP contribution >= 0.6 is 11.3 Å². The predicted octanol–water partition coefficient (Wildman–Crippen LogP) is 3.26. The summed E-state index contributed by atoms with van der Waals surface area (Å²) >= 11 is 1.79. The van der Waals surface area contributed by atoms with Crippen LogP contribution in [-0.2, 0) is 13.1 Å². The summed E-state index contributed by atoms with van der Waals surface area (Å²) in [6, 6.07) is 0. The van der Waals surface area contributed by atoms with Crippen LogP contribution < -0.4 is 5.32 Å². The van der Waals surface area contributed by atoms with Gasteiger partial charge in [-0.1, -0.05) is 20.3 Å². The highest BCUT2D eigenvalue weighted by Gasteiger charge is 2.20. The fourth-order valence-electron chi connectivity index (χ4n) is 2.45. The van der Waals surface area contributed by atoms with E-state index in [0.29, 0.717) is 0 Å². The van der Waals surface area contributed by atoms with Crippen LogP contribution in [-0.4, -0.2) is 29.5 Å². The van der Waals surface area contributed by atoms with Gasteiger partial charge in [-0.05, 0) is 38.3 Å². The van der Waals surface area contributed by atoms with Crippen molar-refractivity contribution < 1.29 is 0 Å². The zero-order valence-corrected chi connectivity index (χ0v) is 13.1. The molecular weight excluding hydrogens is 254 g/mol. The van der Waals surface area contributed by atoms with E-state index in [1.807, 2.05) is 0 Å². The van der Waals surface area contributed by atoms with E-state index in [2.05, 4.69) is 29.4 Å². The SMILES string of the molecule is CCCNCc1nc(CN(CC)CC2CCC2)cs1. The van der Waals surface area contributed by atoms with E-state index in [1.165, 1.54) is 42.9 Å². The predicted molar refractivity (Wildman–Crippen MR) is 82.4 cm³/mol. The van der Waals surface area contributed by atoms with Crippen LogP contribution in [0.1, 0.15) is 50.2 Å². The molecule has 1 aromatic heterocycles. The van der Waals surface area contributed by atoms with Crippen molar-refractivity contribution >= 4 is 11.3 Å². The van der Waals surface area contributed by atoms with Crippen molar-refractivity contribution in [2.75, 3.05) is 19.6 Å². The monoisotopic (exact) mass is 281 g/mol. The van der Waals surface area contributed by atoms with Gasteiger partial charge < -0.3 is 5.32 Å². The largest absolute Gasteiger partial charge is 0.310 e. The first kappa shape index (κ1) is 14.9. The molecule has 0 atom stereocenters. The number of aromatic nitrogens is 1. The molecule has 0 aliphatic heterocycles. The molecule has 0 aromatic carbocycles. The Morgan fingerprint density at radius 2 is 2.26 bits per heavy atom. The van der Waals surface area contributed by atoms with Gasteiger partial charge in [0.25, 0.3) is 0 Å². The normalized spacial score (nSPS) is 15.9. The third-order valence-corrected chi connectivity index (χ3v) is 4.77. The smallest absolute Gasteiger partial charge is 0.107 e. The average Bonchev–Trinajstić information content (AvgIpc) is 2.80. The van der Waals surface area contributed by atoms with E-state index in [0.717, 1.165) is 32.1 Å². The Morgan fingerprint density at radius 1 is 1.42 bits per heavy atom. The first-order chi connectivity index (χ1) is 9.31. The number of nitrogens with zero attached hydrogens (tertiary/aromatic N) is 2. The zero-order chi connectivity index (χ0) is 13.5. The molecule has 1 heterocycles. The molecule has 4 heteroatoms. The van der Waals surface area contributed by atoms with E-state index in [4.69, 9.17) is 4.98 Å². The molecule has 3 nitrogen and oxygen atoms in total. The topological polar surface area (TPSA) is 28.2 Å². The Hall–Kier alpha value is -0.450. The second kappa shape index (κ2) is 7.98. The Kier molecular flexibility index (Phi) is 6.28. The van der Waals surface area contributed by atoms with Crippen molar-refractivity contribution in [3.8, 4) is 0 Å². The summed E-state index contributed by atoms with van der Waals surface area (Å²) in [5, 5.41) is 6.87. The molecule has 1 aromatic rings. The minimum absolute atomic E-state index is 0.924. The fraction of sp³-hybridized carbons (Fsp3) is 0.800. The van der Waals surface area contributed by atoms with Gasteiger partial charge in [0.05, 0.1) is 5.69 Å². The number of nitrogens with one attached hydrogen (secondary N) is 1. The van der Waals surface area contributed by atoms with Gasteiger partial charge >= 0.3 is 0 Å². The highest BCUT2D eigenvalue weighted by Crippen LogP contribution is 2.27. The molecule has 2 rings (SSSR count). The maximum absolute atomic E-state index is 4.74. The second-order valence-corrected chi connectivity index (χ2v) is 6.48. The van der Waals surface area contributed by atoms with E-state index < -0.39 is 0 Å². The van der Waals surface area contributed by atoms with Crippen molar-refractivity contribution in [1.29, 1.82) is 0 Å². The van der Waals surface area contributed by atoms with Gasteiger partial charge in [-0.25, -0.2) is 4.98 Å². The number of hydrogen-bond acceptors (Lipinski definition) is 4. The Bertz CT molecular complexity index is 360. The Balaban J connectivity index is 1.76. The molecule has 0 amide bonds. The van der Waals surface area contributed by atoms with Crippen molar-refractivity contribution in [3.63, 3.8) is 0 Å². The molecule has 0 bridgehead atoms. The van der Waals surface area contributed by atoms with Crippen LogP contribution in [0.25, 0.3) is 0 Å². The lowest BCUT2D eigenvalue weighted by atomic mass is 9.85. The lowest BCUT2D eigenvalue weighted by Crippen LogP contribution is -2.32. The van der Waals surface area contributed by atoms with Gasteiger partial charge in [0.2, 0.25) is 0 Å². The zero-order valence-electron chi connectivity index (χ0n) is 12.3. The van der Waals surface area contributed by atoms with E-state index in [9.17, 15) is 0 Å². The number of rotatable bonds is 9. The summed E-state index contributed by atoms with van der Waals surface area (Å²) in [6.45, 7) is 9.88. The van der Waals surface area contributed by atoms with Crippen LogP contribution in [0.15, 0.2) is 5.38 Å². The standard InChI is InChI=1S/C15H27N3S/c1-3-8-16-9-15-17-14(12-19-15)11-18(4-2)10-13-6-5-7-13/h12-13,16H,3-11H2,1-2H3. The maximum atomic E-state index is 4.74. The number of hydrogen-bond donors (Lipinski definition) is 1. The van der Waals surface area contributed by atoms with Gasteiger partial charge in [-0.15, -0.1) is 11.3 Å². The van der Waals surface area contributed by atoms with Gasteiger partial charge in [-0.2, -0.15) is 0 Å². The second-order valence-electron chi connectivity index (χ2n) is 5.53. The van der Waals surface area contributed by atoms with Gasteiger partial charge in [0, 0.05) is 25.0 Å². The molecule has 1 N–H and O–H groups in total. The summed E-state index contributed by atoms with van der Waals surface area (Å²) in [5.74, 6) is 0.948. The molecule has 19 heavy (non-hydrogen) atoms. The molecule has 108 valence electrons. The molecule has 1 fully saturated rings. The van der Waals surface area contributed by atoms with E-state index in [1.54, 1.807) is 11.3 Å². The highest BCUT2D eigenvalue weighted by molar-refractivity contribution is 7.09. The molecule has 1 aliphatic carbocycles. The molecule has 1 aliphatic rings. The highest BCUT2D eigenvalue weighted by atomic mass is 32.1. The molecule has 0 saturated heterocycles. The third kappa shape index (κ3) is 4.86. The van der Waals surface area contributed by atoms with Crippen molar-refractivity contribution in [1.82, 2.24) is 15.2 Å². The Morgan fingerprint density at radius 3 is 2.89 bits per heavy atom. The van der Waals surface area contributed by atoms with Crippen LogP contribution in [0.4, 0.5) is 0 Å². The summed E-state index contributed by atoms with van der Waals surface area (Å²) < 4.78 is 0. The van der Waals surface area contributed by atoms with Crippen LogP contribution in [0, 0.1) is 5.92 Å². The van der Waals surface area contributed by atoms with Gasteiger partial charge in [-0.3, -0.25) is 4.90 Å². The first-order valence-corrected chi connectivity index (χ1v) is 8.56. The van der Waals surface area contributed by atoms with E-state index >= 15 is 0 Å². The van der Waals surface area contributed by atoms with Crippen LogP contribution in [0.5, 0.6) is 0 Å². The third-order valence-electron chi connectivity index (χ3n) is 3.88. The van der Waals surface area contributed by atoms with Crippen LogP contribution in [0.2, 0.25) is 0 Å². The van der Waals surface area contributed by atoms with Crippen molar-refractivity contribution in [3.05, 3.63) is 16.1 Å². The molecule has 0 radical (unpaired) electrons. The summed E-state index contributed by atoms with van der Waals surface area (Å²) in [4.78, 5) is 7.28. The molecular formula is C15H27N3S. The Labute approximate surface area is 121 Å². The van der Waals surface area contributed by atoms with Crippen LogP contribution in [0.3, 0.4) is 0 Å². The maximum Gasteiger partial charge on any atom is 0.107 e. The summed E-state index contributed by atoms with van der Waals surface area (Å²) in [5.41, 5.74) is 1.25. The lowest BCUT2D eigenvalue weighted by Gasteiger charge is -2.31. The minimum Gasteiger partial charge on any atom is -0.310 e. The van der Waals surface area contributed by atoms with Crippen molar-refractivity contribution in [2.24, 2.45) is 5.92 Å². The molecule has 0 spiro atoms. The summed E-state index contributed by atoms with van der Waals surface area (Å²) in [7, 11) is 0. The van der Waals surface area contributed by atoms with E-state index in [-0.39, 0.29) is 0 Å². The summed E-state index contributed by atoms with van der Waals surface area (Å²) in [6.07, 6.45) is 5.48. The average molecular weight is 281 g/mol.